The molecule has 0 bridgehead atoms. The van der Waals surface area contributed by atoms with E-state index in [0.717, 1.165) is 30.5 Å². The largest absolute Gasteiger partial charge is 0.382 e. The van der Waals surface area contributed by atoms with Crippen LogP contribution in [0.3, 0.4) is 0 Å². The fourth-order valence-electron chi connectivity index (χ4n) is 2.25. The molecule has 4 nitrogen and oxygen atoms in total. The lowest BCUT2D eigenvalue weighted by Crippen LogP contribution is -2.33. The van der Waals surface area contributed by atoms with Gasteiger partial charge >= 0.3 is 0 Å². The van der Waals surface area contributed by atoms with E-state index in [1.807, 2.05) is 36.1 Å². The van der Waals surface area contributed by atoms with Crippen molar-refractivity contribution in [3.8, 4) is 0 Å². The Kier molecular flexibility index (Phi) is 5.15. The van der Waals surface area contributed by atoms with Crippen molar-refractivity contribution in [1.29, 1.82) is 0 Å². The van der Waals surface area contributed by atoms with E-state index in [1.165, 1.54) is 0 Å². The van der Waals surface area contributed by atoms with Gasteiger partial charge in [-0.1, -0.05) is 12.1 Å². The summed E-state index contributed by atoms with van der Waals surface area (Å²) in [6.07, 6.45) is 3.62. The lowest BCUT2D eigenvalue weighted by molar-refractivity contribution is -0.119. The van der Waals surface area contributed by atoms with Crippen LogP contribution in [0.25, 0.3) is 0 Å². The SMILES string of the molecule is COC(C)CCC(=O)N(c1ccc(CN)cc1)C1CC1. The number of benzene rings is 1. The highest BCUT2D eigenvalue weighted by molar-refractivity contribution is 5.94. The topological polar surface area (TPSA) is 55.6 Å². The average Bonchev–Trinajstić information content (AvgIpc) is 3.30. The van der Waals surface area contributed by atoms with E-state index in [0.29, 0.717) is 19.0 Å². The number of hydrogen-bond acceptors (Lipinski definition) is 3. The summed E-state index contributed by atoms with van der Waals surface area (Å²) in [6.45, 7) is 2.52. The third-order valence-corrected chi connectivity index (χ3v) is 3.80. The minimum atomic E-state index is 0.125. The van der Waals surface area contributed by atoms with Crippen molar-refractivity contribution in [2.24, 2.45) is 5.73 Å². The first-order valence-corrected chi connectivity index (χ1v) is 7.29. The summed E-state index contributed by atoms with van der Waals surface area (Å²) in [4.78, 5) is 14.4. The Bertz CT molecular complexity index is 440. The fraction of sp³-hybridized carbons (Fsp3) is 0.562. The van der Waals surface area contributed by atoms with Gasteiger partial charge in [-0.15, -0.1) is 0 Å². The summed E-state index contributed by atoms with van der Waals surface area (Å²) in [5, 5.41) is 0. The minimum absolute atomic E-state index is 0.125. The van der Waals surface area contributed by atoms with Crippen LogP contribution in [0.2, 0.25) is 0 Å². The van der Waals surface area contributed by atoms with Gasteiger partial charge in [-0.25, -0.2) is 0 Å². The maximum absolute atomic E-state index is 12.4. The second kappa shape index (κ2) is 6.86. The second-order valence-electron chi connectivity index (χ2n) is 5.45. The molecule has 1 aromatic carbocycles. The maximum atomic E-state index is 12.4. The van der Waals surface area contributed by atoms with E-state index in [-0.39, 0.29) is 12.0 Å². The third-order valence-electron chi connectivity index (χ3n) is 3.80. The molecule has 2 rings (SSSR count). The first-order chi connectivity index (χ1) is 9.65. The summed E-state index contributed by atoms with van der Waals surface area (Å²) < 4.78 is 5.21. The number of amides is 1. The molecule has 0 saturated heterocycles. The molecule has 0 radical (unpaired) electrons. The highest BCUT2D eigenvalue weighted by atomic mass is 16.5. The van der Waals surface area contributed by atoms with Crippen LogP contribution in [0.15, 0.2) is 24.3 Å². The zero-order chi connectivity index (χ0) is 14.5. The molecule has 0 heterocycles. The van der Waals surface area contributed by atoms with Gasteiger partial charge in [0.15, 0.2) is 0 Å². The van der Waals surface area contributed by atoms with E-state index in [1.54, 1.807) is 7.11 Å². The van der Waals surface area contributed by atoms with Crippen LogP contribution in [0.1, 0.15) is 38.2 Å². The van der Waals surface area contributed by atoms with Crippen molar-refractivity contribution in [3.05, 3.63) is 29.8 Å². The number of nitrogens with zero attached hydrogens (tertiary/aromatic N) is 1. The zero-order valence-corrected chi connectivity index (χ0v) is 12.3. The predicted molar refractivity (Wildman–Crippen MR) is 80.5 cm³/mol. The summed E-state index contributed by atoms with van der Waals surface area (Å²) in [6, 6.07) is 8.37. The molecular weight excluding hydrogens is 252 g/mol. The van der Waals surface area contributed by atoms with Crippen LogP contribution in [-0.2, 0) is 16.1 Å². The van der Waals surface area contributed by atoms with Gasteiger partial charge in [0.25, 0.3) is 0 Å². The molecule has 1 atom stereocenters. The molecule has 1 amide bonds. The Balaban J connectivity index is 2.04. The van der Waals surface area contributed by atoms with Gasteiger partial charge in [0.2, 0.25) is 5.91 Å². The predicted octanol–water partition coefficient (Wildman–Crippen LogP) is 2.46. The second-order valence-corrected chi connectivity index (χ2v) is 5.45. The molecule has 1 fully saturated rings. The maximum Gasteiger partial charge on any atom is 0.227 e. The van der Waals surface area contributed by atoms with Gasteiger partial charge in [0.1, 0.15) is 0 Å². The van der Waals surface area contributed by atoms with E-state index < -0.39 is 0 Å². The number of hydrogen-bond donors (Lipinski definition) is 1. The van der Waals surface area contributed by atoms with Gasteiger partial charge in [-0.05, 0) is 43.9 Å². The zero-order valence-electron chi connectivity index (χ0n) is 12.3. The molecule has 1 aliphatic carbocycles. The molecule has 0 aromatic heterocycles. The normalized spacial score (nSPS) is 15.9. The lowest BCUT2D eigenvalue weighted by Gasteiger charge is -2.23. The highest BCUT2D eigenvalue weighted by Crippen LogP contribution is 2.32. The molecule has 0 spiro atoms. The first kappa shape index (κ1) is 15.0. The van der Waals surface area contributed by atoms with E-state index >= 15 is 0 Å². The van der Waals surface area contributed by atoms with Gasteiger partial charge < -0.3 is 15.4 Å². The van der Waals surface area contributed by atoms with Crippen molar-refractivity contribution >= 4 is 11.6 Å². The summed E-state index contributed by atoms with van der Waals surface area (Å²) >= 11 is 0. The van der Waals surface area contributed by atoms with Gasteiger partial charge in [-0.3, -0.25) is 4.79 Å². The van der Waals surface area contributed by atoms with Crippen LogP contribution in [0, 0.1) is 0 Å². The van der Waals surface area contributed by atoms with Crippen molar-refractivity contribution in [1.82, 2.24) is 0 Å². The average molecular weight is 276 g/mol. The van der Waals surface area contributed by atoms with Crippen LogP contribution >= 0.6 is 0 Å². The molecule has 1 saturated carbocycles. The Morgan fingerprint density at radius 1 is 1.40 bits per heavy atom. The van der Waals surface area contributed by atoms with Gasteiger partial charge in [-0.2, -0.15) is 0 Å². The van der Waals surface area contributed by atoms with E-state index in [9.17, 15) is 4.79 Å². The molecule has 2 N–H and O–H groups in total. The number of carbonyl (C=O) groups excluding carboxylic acids is 1. The third kappa shape index (κ3) is 3.81. The number of ether oxygens (including phenoxy) is 1. The van der Waals surface area contributed by atoms with E-state index in [4.69, 9.17) is 10.5 Å². The van der Waals surface area contributed by atoms with Crippen molar-refractivity contribution in [2.45, 2.75) is 51.3 Å². The first-order valence-electron chi connectivity index (χ1n) is 7.29. The van der Waals surface area contributed by atoms with E-state index in [2.05, 4.69) is 0 Å². The fourth-order valence-corrected chi connectivity index (χ4v) is 2.25. The van der Waals surface area contributed by atoms with Gasteiger partial charge in [0, 0.05) is 31.8 Å². The van der Waals surface area contributed by atoms with Crippen molar-refractivity contribution < 1.29 is 9.53 Å². The highest BCUT2D eigenvalue weighted by Gasteiger charge is 2.33. The number of nitrogens with two attached hydrogens (primary N) is 1. The Hall–Kier alpha value is -1.39. The van der Waals surface area contributed by atoms with Crippen LogP contribution in [-0.4, -0.2) is 25.2 Å². The monoisotopic (exact) mass is 276 g/mol. The molecule has 1 unspecified atom stereocenters. The smallest absolute Gasteiger partial charge is 0.227 e. The Morgan fingerprint density at radius 3 is 2.55 bits per heavy atom. The molecular formula is C16H24N2O2. The molecule has 110 valence electrons. The van der Waals surface area contributed by atoms with Crippen LogP contribution in [0.4, 0.5) is 5.69 Å². The molecule has 1 aliphatic rings. The number of rotatable bonds is 7. The van der Waals surface area contributed by atoms with Crippen molar-refractivity contribution in [2.75, 3.05) is 12.0 Å². The van der Waals surface area contributed by atoms with Crippen LogP contribution in [0.5, 0.6) is 0 Å². The Labute approximate surface area is 120 Å². The standard InChI is InChI=1S/C16H24N2O2/c1-12(20-2)3-10-16(19)18(15-8-9-15)14-6-4-13(11-17)5-7-14/h4-7,12,15H,3,8-11,17H2,1-2H3. The molecule has 4 heteroatoms. The number of methoxy groups -OCH3 is 1. The summed E-state index contributed by atoms with van der Waals surface area (Å²) in [7, 11) is 1.68. The molecule has 1 aromatic rings. The number of carbonyl (C=O) groups is 1. The van der Waals surface area contributed by atoms with Crippen LogP contribution < -0.4 is 10.6 Å². The quantitative estimate of drug-likeness (QED) is 0.832. The number of anilines is 1. The minimum Gasteiger partial charge on any atom is -0.382 e. The lowest BCUT2D eigenvalue weighted by atomic mass is 10.1. The van der Waals surface area contributed by atoms with Gasteiger partial charge in [0.05, 0.1) is 6.10 Å². The summed E-state index contributed by atoms with van der Waals surface area (Å²) in [5.74, 6) is 0.192. The molecule has 20 heavy (non-hydrogen) atoms. The Morgan fingerprint density at radius 2 is 2.05 bits per heavy atom. The molecule has 0 aliphatic heterocycles. The van der Waals surface area contributed by atoms with Crippen molar-refractivity contribution in [3.63, 3.8) is 0 Å². The summed E-state index contributed by atoms with van der Waals surface area (Å²) in [5.41, 5.74) is 7.68.